The third-order valence-corrected chi connectivity index (χ3v) is 12.0. The van der Waals surface area contributed by atoms with Crippen molar-refractivity contribution < 1.29 is 9.22 Å². The van der Waals surface area contributed by atoms with E-state index in [1.54, 1.807) is 0 Å². The molecule has 3 heteroatoms. The zero-order chi connectivity index (χ0) is 19.2. The van der Waals surface area contributed by atoms with Crippen molar-refractivity contribution in [1.29, 1.82) is 0 Å². The molecule has 142 valence electrons. The lowest BCUT2D eigenvalue weighted by Gasteiger charge is -2.47. The van der Waals surface area contributed by atoms with Crippen LogP contribution in [0.3, 0.4) is 0 Å². The van der Waals surface area contributed by atoms with Crippen LogP contribution >= 0.6 is 0 Å². The number of rotatable bonds is 5. The Kier molecular flexibility index (Phi) is 5.62. The third-order valence-electron chi connectivity index (χ3n) is 7.45. The number of allylic oxidation sites excluding steroid dienone is 2. The van der Waals surface area contributed by atoms with Gasteiger partial charge in [0.05, 0.1) is 6.10 Å². The molecule has 0 aromatic rings. The fourth-order valence-electron chi connectivity index (χ4n) is 4.85. The summed E-state index contributed by atoms with van der Waals surface area (Å²) in [5.41, 5.74) is 1.16. The molecule has 2 fully saturated rings. The summed E-state index contributed by atoms with van der Waals surface area (Å²) in [6.07, 6.45) is 5.71. The summed E-state index contributed by atoms with van der Waals surface area (Å²) in [6, 6.07) is 0. The van der Waals surface area contributed by atoms with Crippen LogP contribution in [0.25, 0.3) is 0 Å². The highest BCUT2D eigenvalue weighted by Gasteiger charge is 2.60. The van der Waals surface area contributed by atoms with Gasteiger partial charge in [-0.2, -0.15) is 0 Å². The molecule has 0 radical (unpaired) electrons. The first kappa shape index (κ1) is 20.6. The Labute approximate surface area is 156 Å². The summed E-state index contributed by atoms with van der Waals surface area (Å²) in [5, 5.41) is 0.165. The van der Waals surface area contributed by atoms with Crippen LogP contribution in [0.4, 0.5) is 0 Å². The standard InChI is InChI=1S/C22H38O2Si/c1-10-11-22-14-17(15(2)3)13-18(23)20(22)19(12-16(22)4)24-25(8,9)21(5,6)7/h10,16-17,19-20H,1-2,11-14H2,3-9H3/t16-,17+,19+,20-,22+/m0/s1. The molecule has 0 unspecified atom stereocenters. The minimum atomic E-state index is -1.90. The molecule has 0 amide bonds. The molecule has 5 atom stereocenters. The van der Waals surface area contributed by atoms with E-state index in [9.17, 15) is 4.79 Å². The van der Waals surface area contributed by atoms with Gasteiger partial charge in [0.2, 0.25) is 0 Å². The van der Waals surface area contributed by atoms with E-state index in [1.165, 1.54) is 0 Å². The molecule has 0 heterocycles. The first-order chi connectivity index (χ1) is 11.4. The Balaban J connectivity index is 2.38. The maximum Gasteiger partial charge on any atom is 0.192 e. The maximum atomic E-state index is 13.2. The van der Waals surface area contributed by atoms with Gasteiger partial charge in [-0.15, -0.1) is 6.58 Å². The van der Waals surface area contributed by atoms with Crippen LogP contribution < -0.4 is 0 Å². The zero-order valence-corrected chi connectivity index (χ0v) is 18.4. The van der Waals surface area contributed by atoms with Gasteiger partial charge in [0, 0.05) is 12.3 Å². The molecular weight excluding hydrogens is 324 g/mol. The van der Waals surface area contributed by atoms with Gasteiger partial charge in [-0.3, -0.25) is 4.79 Å². The van der Waals surface area contributed by atoms with Crippen molar-refractivity contribution >= 4 is 14.1 Å². The van der Waals surface area contributed by atoms with Gasteiger partial charge < -0.3 is 4.43 Å². The van der Waals surface area contributed by atoms with E-state index in [-0.39, 0.29) is 22.5 Å². The number of fused-ring (bicyclic) bond motifs is 1. The molecule has 2 aliphatic carbocycles. The highest BCUT2D eigenvalue weighted by Crippen LogP contribution is 2.60. The van der Waals surface area contributed by atoms with Gasteiger partial charge in [0.25, 0.3) is 0 Å². The van der Waals surface area contributed by atoms with Crippen LogP contribution in [0.2, 0.25) is 18.1 Å². The molecular formula is C22H38O2Si. The summed E-state index contributed by atoms with van der Waals surface area (Å²) >= 11 is 0. The van der Waals surface area contributed by atoms with E-state index < -0.39 is 8.32 Å². The molecule has 0 N–H and O–H groups in total. The smallest absolute Gasteiger partial charge is 0.192 e. The predicted molar refractivity (Wildman–Crippen MR) is 109 cm³/mol. The second-order valence-electron chi connectivity index (χ2n) is 10.2. The van der Waals surface area contributed by atoms with Gasteiger partial charge >= 0.3 is 0 Å². The number of carbonyl (C=O) groups is 1. The summed E-state index contributed by atoms with van der Waals surface area (Å²) < 4.78 is 6.80. The lowest BCUT2D eigenvalue weighted by Crippen LogP contribution is -2.50. The van der Waals surface area contributed by atoms with E-state index >= 15 is 0 Å². The topological polar surface area (TPSA) is 26.3 Å². The molecule has 2 saturated carbocycles. The van der Waals surface area contributed by atoms with Crippen molar-refractivity contribution in [3.8, 4) is 0 Å². The Bertz CT molecular complexity index is 557. The van der Waals surface area contributed by atoms with E-state index in [4.69, 9.17) is 4.43 Å². The predicted octanol–water partition coefficient (Wildman–Crippen LogP) is 6.15. The Morgan fingerprint density at radius 1 is 1.40 bits per heavy atom. The molecule has 0 saturated heterocycles. The fourth-order valence-corrected chi connectivity index (χ4v) is 6.20. The molecule has 0 spiro atoms. The van der Waals surface area contributed by atoms with Crippen molar-refractivity contribution in [2.24, 2.45) is 23.2 Å². The zero-order valence-electron chi connectivity index (χ0n) is 17.4. The number of Topliss-reactive ketones (excluding diaryl/α,β-unsaturated/α-hetero) is 1. The average molecular weight is 363 g/mol. The number of hydrogen-bond acceptors (Lipinski definition) is 2. The van der Waals surface area contributed by atoms with Crippen molar-refractivity contribution in [1.82, 2.24) is 0 Å². The van der Waals surface area contributed by atoms with E-state index in [2.05, 4.69) is 60.9 Å². The molecule has 2 nitrogen and oxygen atoms in total. The monoisotopic (exact) mass is 362 g/mol. The third kappa shape index (κ3) is 3.59. The van der Waals surface area contributed by atoms with Crippen molar-refractivity contribution in [2.45, 2.75) is 84.5 Å². The first-order valence-corrected chi connectivity index (χ1v) is 12.7. The van der Waals surface area contributed by atoms with Gasteiger partial charge in [-0.05, 0) is 61.6 Å². The number of hydrogen-bond donors (Lipinski definition) is 0. The Morgan fingerprint density at radius 3 is 2.48 bits per heavy atom. The largest absolute Gasteiger partial charge is 0.413 e. The quantitative estimate of drug-likeness (QED) is 0.433. The van der Waals surface area contributed by atoms with E-state index in [0.29, 0.717) is 24.0 Å². The van der Waals surface area contributed by atoms with Crippen LogP contribution in [0.5, 0.6) is 0 Å². The van der Waals surface area contributed by atoms with Crippen LogP contribution in [0.1, 0.15) is 60.3 Å². The first-order valence-electron chi connectivity index (χ1n) is 9.82. The van der Waals surface area contributed by atoms with Crippen molar-refractivity contribution in [3.05, 3.63) is 24.8 Å². The van der Waals surface area contributed by atoms with Crippen LogP contribution in [-0.2, 0) is 9.22 Å². The highest BCUT2D eigenvalue weighted by atomic mass is 28.4. The summed E-state index contributed by atoms with van der Waals surface area (Å²) in [4.78, 5) is 13.2. The number of ketones is 1. The van der Waals surface area contributed by atoms with Gasteiger partial charge in [-0.25, -0.2) is 0 Å². The fraction of sp³-hybridized carbons (Fsp3) is 0.773. The Hall–Kier alpha value is -0.673. The minimum absolute atomic E-state index is 0.00767. The number of carbonyl (C=O) groups excluding carboxylic acids is 1. The van der Waals surface area contributed by atoms with Crippen molar-refractivity contribution in [3.63, 3.8) is 0 Å². The molecule has 2 rings (SSSR count). The second-order valence-corrected chi connectivity index (χ2v) is 14.9. The van der Waals surface area contributed by atoms with Gasteiger partial charge in [0.1, 0.15) is 5.78 Å². The van der Waals surface area contributed by atoms with Crippen LogP contribution in [0.15, 0.2) is 24.8 Å². The minimum Gasteiger partial charge on any atom is -0.413 e. The Morgan fingerprint density at radius 2 is 2.00 bits per heavy atom. The highest BCUT2D eigenvalue weighted by molar-refractivity contribution is 6.74. The molecule has 25 heavy (non-hydrogen) atoms. The lowest BCUT2D eigenvalue weighted by molar-refractivity contribution is -0.135. The molecule has 2 aliphatic rings. The van der Waals surface area contributed by atoms with Crippen molar-refractivity contribution in [2.75, 3.05) is 0 Å². The van der Waals surface area contributed by atoms with Gasteiger partial charge in [0.15, 0.2) is 8.32 Å². The molecule has 0 bridgehead atoms. The van der Waals surface area contributed by atoms with E-state index in [0.717, 1.165) is 24.8 Å². The molecule has 0 aromatic heterocycles. The summed E-state index contributed by atoms with van der Waals surface area (Å²) in [7, 11) is -1.90. The van der Waals surface area contributed by atoms with Crippen LogP contribution in [0, 0.1) is 23.2 Å². The lowest BCUT2D eigenvalue weighted by atomic mass is 9.58. The maximum absolute atomic E-state index is 13.2. The molecule has 0 aromatic carbocycles. The normalized spacial score (nSPS) is 36.2. The van der Waals surface area contributed by atoms with E-state index in [1.807, 2.05) is 6.08 Å². The average Bonchev–Trinajstić information content (AvgIpc) is 2.70. The SMILES string of the molecule is C=CC[C@]12C[C@H](C(=C)C)CC(=O)[C@H]1[C@H](O[Si](C)(C)C(C)(C)C)C[C@@H]2C. The summed E-state index contributed by atoms with van der Waals surface area (Å²) in [6.45, 7) is 24.0. The summed E-state index contributed by atoms with van der Waals surface area (Å²) in [5.74, 6) is 1.23. The second kappa shape index (κ2) is 6.81. The van der Waals surface area contributed by atoms with Gasteiger partial charge in [-0.1, -0.05) is 45.9 Å². The molecule has 0 aliphatic heterocycles. The van der Waals surface area contributed by atoms with Crippen LogP contribution in [-0.4, -0.2) is 20.2 Å².